The number of rotatable bonds is 8. The molecule has 0 bridgehead atoms. The van der Waals surface area contributed by atoms with Gasteiger partial charge in [-0.05, 0) is 0 Å². The van der Waals surface area contributed by atoms with Crippen LogP contribution >= 0.6 is 23.5 Å². The van der Waals surface area contributed by atoms with E-state index in [4.69, 9.17) is 10.5 Å². The van der Waals surface area contributed by atoms with Gasteiger partial charge < -0.3 is 54.5 Å². The van der Waals surface area contributed by atoms with Gasteiger partial charge in [-0.15, -0.1) is 0 Å². The lowest BCUT2D eigenvalue weighted by Crippen LogP contribution is -2.36. The summed E-state index contributed by atoms with van der Waals surface area (Å²) >= 11 is 0. The van der Waals surface area contributed by atoms with Gasteiger partial charge in [-0.25, -0.2) is 9.11 Å². The number of phosphoric acid groups is 3. The number of nitrogen functional groups attached to an aromatic ring is 1. The summed E-state index contributed by atoms with van der Waals surface area (Å²) in [4.78, 5) is 58.1. The predicted octanol–water partition coefficient (Wildman–Crippen LogP) is -5.03. The monoisotopic (exact) mass is 495 g/mol. The molecule has 5 N–H and O–H groups in total. The van der Waals surface area contributed by atoms with Crippen LogP contribution in [-0.4, -0.2) is 49.8 Å². The van der Waals surface area contributed by atoms with Crippen molar-refractivity contribution in [3.8, 4) is 5.75 Å². The molecule has 1 fully saturated rings. The maximum Gasteiger partial charge on any atom is 0.351 e. The first-order valence-electron chi connectivity index (χ1n) is 7.32. The van der Waals surface area contributed by atoms with Gasteiger partial charge in [-0.3, -0.25) is 18.0 Å². The highest BCUT2D eigenvalue weighted by Gasteiger charge is 2.45. The summed E-state index contributed by atoms with van der Waals surface area (Å²) < 4.78 is 48.8. The average molecular weight is 495 g/mol. The average Bonchev–Trinajstić information content (AvgIpc) is 2.81. The summed E-state index contributed by atoms with van der Waals surface area (Å²) in [5.41, 5.74) is 4.10. The van der Waals surface area contributed by atoms with Crippen LogP contribution < -0.4 is 31.0 Å². The summed E-state index contributed by atoms with van der Waals surface area (Å²) in [6, 6.07) is 0. The molecule has 1 saturated heterocycles. The highest BCUT2D eigenvalue weighted by Crippen LogP contribution is 2.60. The van der Waals surface area contributed by atoms with E-state index in [0.717, 1.165) is 0 Å². The van der Waals surface area contributed by atoms with Gasteiger partial charge in [0, 0.05) is 0 Å². The normalized spacial score (nSPS) is 28.7. The van der Waals surface area contributed by atoms with E-state index in [-0.39, 0.29) is 0 Å². The van der Waals surface area contributed by atoms with E-state index in [1.54, 1.807) is 0 Å². The number of phosphoric ester groups is 1. The molecule has 1 aliphatic rings. The quantitative estimate of drug-likeness (QED) is 0.245. The zero-order valence-electron chi connectivity index (χ0n) is 14.1. The minimum Gasteiger partial charge on any atom is -0.790 e. The van der Waals surface area contributed by atoms with Crippen molar-refractivity contribution in [3.63, 3.8) is 0 Å². The molecular formula is C9H12N3O15P3-4. The van der Waals surface area contributed by atoms with E-state index in [1.807, 2.05) is 0 Å². The van der Waals surface area contributed by atoms with Crippen molar-refractivity contribution < 1.29 is 66.5 Å². The first-order valence-corrected chi connectivity index (χ1v) is 11.7. The van der Waals surface area contributed by atoms with E-state index >= 15 is 0 Å². The minimum atomic E-state index is -6.19. The van der Waals surface area contributed by atoms with Crippen LogP contribution in [-0.2, 0) is 31.6 Å². The fourth-order valence-corrected chi connectivity index (χ4v) is 5.06. The Balaban J connectivity index is 2.09. The van der Waals surface area contributed by atoms with Crippen molar-refractivity contribution in [1.29, 1.82) is 0 Å². The van der Waals surface area contributed by atoms with Gasteiger partial charge in [-0.2, -0.15) is 4.98 Å². The van der Waals surface area contributed by atoms with Gasteiger partial charge in [0.15, 0.2) is 17.8 Å². The summed E-state index contributed by atoms with van der Waals surface area (Å²) in [5.74, 6) is -1.23. The third-order valence-electron chi connectivity index (χ3n) is 3.37. The maximum atomic E-state index is 11.8. The Hall–Kier alpha value is -1.23. The lowest BCUT2D eigenvalue weighted by Gasteiger charge is -2.37. The first kappa shape index (κ1) is 25.0. The van der Waals surface area contributed by atoms with E-state index < -0.39 is 71.9 Å². The van der Waals surface area contributed by atoms with Crippen LogP contribution in [0.2, 0.25) is 0 Å². The number of ether oxygens (including phenoxy) is 1. The molecule has 0 aliphatic carbocycles. The molecule has 6 unspecified atom stereocenters. The van der Waals surface area contributed by atoms with Gasteiger partial charge >= 0.3 is 5.69 Å². The summed E-state index contributed by atoms with van der Waals surface area (Å²) in [6.07, 6.45) is -6.48. The predicted molar refractivity (Wildman–Crippen MR) is 81.4 cm³/mol. The Kier molecular flexibility index (Phi) is 7.28. The fraction of sp³-hybridized carbons (Fsp3) is 0.556. The van der Waals surface area contributed by atoms with Crippen LogP contribution in [0.25, 0.3) is 0 Å². The summed E-state index contributed by atoms with van der Waals surface area (Å²) in [6.45, 7) is -1.20. The van der Waals surface area contributed by atoms with Crippen LogP contribution in [0.15, 0.2) is 11.0 Å². The molecule has 0 radical (unpaired) electrons. The van der Waals surface area contributed by atoms with E-state index in [9.17, 15) is 53.4 Å². The molecular weight excluding hydrogens is 483 g/mol. The van der Waals surface area contributed by atoms with E-state index in [2.05, 4.69) is 18.1 Å². The second-order valence-corrected chi connectivity index (χ2v) is 9.80. The Bertz CT molecular complexity index is 991. The zero-order valence-corrected chi connectivity index (χ0v) is 16.8. The Morgan fingerprint density at radius 3 is 2.30 bits per heavy atom. The van der Waals surface area contributed by atoms with Crippen molar-refractivity contribution in [3.05, 3.63) is 16.7 Å². The molecule has 172 valence electrons. The molecule has 2 heterocycles. The molecule has 0 saturated carbocycles. The van der Waals surface area contributed by atoms with Crippen molar-refractivity contribution >= 4 is 29.3 Å². The third-order valence-corrected chi connectivity index (χ3v) is 7.03. The smallest absolute Gasteiger partial charge is 0.351 e. The van der Waals surface area contributed by atoms with Crippen LogP contribution in [0, 0.1) is 0 Å². The summed E-state index contributed by atoms with van der Waals surface area (Å²) in [5, 5.41) is 29.4. The molecule has 0 amide bonds. The highest BCUT2D eigenvalue weighted by molar-refractivity contribution is 7.64. The second-order valence-electron chi connectivity index (χ2n) is 5.55. The Morgan fingerprint density at radius 2 is 1.73 bits per heavy atom. The summed E-state index contributed by atoms with van der Waals surface area (Å²) in [7, 11) is -18.2. The molecule has 0 spiro atoms. The Morgan fingerprint density at radius 1 is 1.13 bits per heavy atom. The van der Waals surface area contributed by atoms with Gasteiger partial charge in [0.1, 0.15) is 18.3 Å². The molecule has 0 aromatic carbocycles. The topological polar surface area (TPSA) is 302 Å². The van der Waals surface area contributed by atoms with Crippen LogP contribution in [0.4, 0.5) is 5.82 Å². The van der Waals surface area contributed by atoms with Crippen LogP contribution in [0.5, 0.6) is 5.75 Å². The molecule has 1 aromatic heterocycles. The third kappa shape index (κ3) is 6.38. The molecule has 18 nitrogen and oxygen atoms in total. The second kappa shape index (κ2) is 8.72. The number of hydrogen-bond donors (Lipinski definition) is 4. The molecule has 1 aromatic rings. The molecule has 2 rings (SSSR count). The van der Waals surface area contributed by atoms with Crippen molar-refractivity contribution in [2.75, 3.05) is 12.3 Å². The van der Waals surface area contributed by atoms with Crippen LogP contribution in [0.3, 0.4) is 0 Å². The molecule has 1 aliphatic heterocycles. The number of nitrogens with two attached hydrogens (primary N) is 1. The number of aromatic hydroxyl groups is 1. The number of anilines is 1. The number of nitrogens with zero attached hydrogens (tertiary/aromatic N) is 2. The number of aromatic nitrogens is 2. The maximum absolute atomic E-state index is 11.8. The van der Waals surface area contributed by atoms with Crippen molar-refractivity contribution in [2.45, 2.75) is 24.5 Å². The van der Waals surface area contributed by atoms with E-state index in [1.165, 1.54) is 0 Å². The van der Waals surface area contributed by atoms with Gasteiger partial charge in [0.05, 0.1) is 20.6 Å². The first-order chi connectivity index (χ1) is 13.5. The fourth-order valence-electron chi connectivity index (χ4n) is 2.20. The SMILES string of the molecule is Nc1nc(=O)n(C2OC(COP(=O)([O-])OP(=O)([O-])OP(=O)([O-])[O-])C(O)C2O)cc1O. The molecule has 30 heavy (non-hydrogen) atoms. The lowest BCUT2D eigenvalue weighted by molar-refractivity contribution is -0.339. The number of aliphatic hydroxyl groups excluding tert-OH is 2. The lowest BCUT2D eigenvalue weighted by atomic mass is 10.1. The Labute approximate surface area is 165 Å². The number of aliphatic hydroxyl groups is 2. The standard InChI is InChI=1S/C9H16N3O15P3/c10-7-3(13)1-12(9(16)11-7)8-6(15)5(14)4(25-8)2-24-29(20,21)27-30(22,23)26-28(17,18)19/h1,4-6,8,13-15H,2H2,(H,20,21)(H,22,23)(H2,10,11,16)(H2,17,18,19)/p-4. The van der Waals surface area contributed by atoms with Crippen molar-refractivity contribution in [1.82, 2.24) is 9.55 Å². The van der Waals surface area contributed by atoms with Gasteiger partial charge in [-0.1, -0.05) is 0 Å². The molecule has 6 atom stereocenters. The van der Waals surface area contributed by atoms with Gasteiger partial charge in [0.2, 0.25) is 0 Å². The zero-order chi connectivity index (χ0) is 23.1. The molecule has 21 heteroatoms. The van der Waals surface area contributed by atoms with Gasteiger partial charge in [0.25, 0.3) is 15.6 Å². The minimum absolute atomic E-state index is 0.520. The van der Waals surface area contributed by atoms with Crippen molar-refractivity contribution in [2.24, 2.45) is 0 Å². The highest BCUT2D eigenvalue weighted by atomic mass is 31.3. The number of hydrogen-bond acceptors (Lipinski definition) is 17. The van der Waals surface area contributed by atoms with Crippen LogP contribution in [0.1, 0.15) is 6.23 Å². The van der Waals surface area contributed by atoms with E-state index in [0.29, 0.717) is 10.8 Å². The largest absolute Gasteiger partial charge is 0.790 e.